The third-order valence-electron chi connectivity index (χ3n) is 2.09. The summed E-state index contributed by atoms with van der Waals surface area (Å²) in [6.45, 7) is 2.20. The molecular weight excluding hydrogens is 178 g/mol. The Morgan fingerprint density at radius 3 is 3.07 bits per heavy atom. The van der Waals surface area contributed by atoms with Gasteiger partial charge in [-0.3, -0.25) is 0 Å². The number of carbonyl (C=O) groups excluding carboxylic acids is 1. The van der Waals surface area contributed by atoms with Gasteiger partial charge in [0.05, 0.1) is 12.2 Å². The van der Waals surface area contributed by atoms with Gasteiger partial charge >= 0.3 is 5.97 Å². The third-order valence-corrected chi connectivity index (χ3v) is 2.09. The van der Waals surface area contributed by atoms with Crippen molar-refractivity contribution in [3.63, 3.8) is 0 Å². The lowest BCUT2D eigenvalue weighted by atomic mass is 10.1. The molecule has 0 amide bonds. The normalized spacial score (nSPS) is 10.4. The summed E-state index contributed by atoms with van der Waals surface area (Å²) in [4.78, 5) is 14.6. The number of ether oxygens (including phenoxy) is 1. The first-order chi connectivity index (χ1) is 6.83. The molecule has 3 heteroatoms. The molecule has 1 N–H and O–H groups in total. The molecule has 1 aromatic heterocycles. The van der Waals surface area contributed by atoms with E-state index in [-0.39, 0.29) is 5.97 Å². The van der Waals surface area contributed by atoms with Crippen LogP contribution in [0.25, 0.3) is 10.9 Å². The van der Waals surface area contributed by atoms with Gasteiger partial charge in [-0.2, -0.15) is 0 Å². The molecule has 0 radical (unpaired) electrons. The second-order valence-electron chi connectivity index (χ2n) is 2.96. The minimum absolute atomic E-state index is 0.266. The molecule has 0 atom stereocenters. The second-order valence-corrected chi connectivity index (χ2v) is 2.96. The Bertz CT molecular complexity index is 459. The first-order valence-corrected chi connectivity index (χ1v) is 4.56. The summed E-state index contributed by atoms with van der Waals surface area (Å²) in [5, 5.41) is 0.908. The van der Waals surface area contributed by atoms with E-state index >= 15 is 0 Å². The minimum atomic E-state index is -0.266. The van der Waals surface area contributed by atoms with Crippen LogP contribution in [0.3, 0.4) is 0 Å². The van der Waals surface area contributed by atoms with Crippen molar-refractivity contribution in [3.8, 4) is 0 Å². The van der Waals surface area contributed by atoms with E-state index in [2.05, 4.69) is 4.98 Å². The van der Waals surface area contributed by atoms with Gasteiger partial charge in [-0.05, 0) is 25.1 Å². The molecule has 0 spiro atoms. The summed E-state index contributed by atoms with van der Waals surface area (Å²) in [6, 6.07) is 7.42. The van der Waals surface area contributed by atoms with Crippen molar-refractivity contribution in [2.24, 2.45) is 0 Å². The fourth-order valence-electron chi connectivity index (χ4n) is 1.47. The van der Waals surface area contributed by atoms with Gasteiger partial charge in [-0.15, -0.1) is 0 Å². The van der Waals surface area contributed by atoms with Crippen molar-refractivity contribution < 1.29 is 9.53 Å². The van der Waals surface area contributed by atoms with Crippen LogP contribution in [0.5, 0.6) is 0 Å². The summed E-state index contributed by atoms with van der Waals surface area (Å²) >= 11 is 0. The number of rotatable bonds is 2. The first-order valence-electron chi connectivity index (χ1n) is 4.56. The van der Waals surface area contributed by atoms with Gasteiger partial charge in [0.1, 0.15) is 0 Å². The van der Waals surface area contributed by atoms with Crippen molar-refractivity contribution in [1.82, 2.24) is 4.98 Å². The standard InChI is InChI=1S/C11H11NO2/c1-2-14-11(13)9-4-3-5-10-8(9)6-7-12-10/h3-7,12H,2H2,1H3. The molecule has 3 nitrogen and oxygen atoms in total. The fraction of sp³-hybridized carbons (Fsp3) is 0.182. The van der Waals surface area contributed by atoms with Gasteiger partial charge in [0.25, 0.3) is 0 Å². The van der Waals surface area contributed by atoms with E-state index in [1.165, 1.54) is 0 Å². The van der Waals surface area contributed by atoms with Crippen LogP contribution in [0, 0.1) is 0 Å². The predicted molar refractivity (Wildman–Crippen MR) is 54.3 cm³/mol. The lowest BCUT2D eigenvalue weighted by molar-refractivity contribution is 0.0528. The number of esters is 1. The lowest BCUT2D eigenvalue weighted by Crippen LogP contribution is -2.04. The highest BCUT2D eigenvalue weighted by atomic mass is 16.5. The van der Waals surface area contributed by atoms with Gasteiger partial charge in [0, 0.05) is 17.1 Å². The second kappa shape index (κ2) is 3.54. The van der Waals surface area contributed by atoms with Gasteiger partial charge in [-0.1, -0.05) is 6.07 Å². The maximum absolute atomic E-state index is 11.5. The summed E-state index contributed by atoms with van der Waals surface area (Å²) in [7, 11) is 0. The van der Waals surface area contributed by atoms with Crippen LogP contribution < -0.4 is 0 Å². The molecule has 0 aliphatic carbocycles. The molecule has 0 fully saturated rings. The van der Waals surface area contributed by atoms with E-state index in [0.717, 1.165) is 10.9 Å². The number of hydrogen-bond acceptors (Lipinski definition) is 2. The molecule has 14 heavy (non-hydrogen) atoms. The lowest BCUT2D eigenvalue weighted by Gasteiger charge is -2.02. The van der Waals surface area contributed by atoms with Crippen LogP contribution in [0.4, 0.5) is 0 Å². The smallest absolute Gasteiger partial charge is 0.338 e. The van der Waals surface area contributed by atoms with Gasteiger partial charge in [0.2, 0.25) is 0 Å². The van der Waals surface area contributed by atoms with Crippen LogP contribution in [0.15, 0.2) is 30.5 Å². The number of hydrogen-bond donors (Lipinski definition) is 1. The Balaban J connectivity index is 2.50. The van der Waals surface area contributed by atoms with E-state index in [0.29, 0.717) is 12.2 Å². The minimum Gasteiger partial charge on any atom is -0.462 e. The van der Waals surface area contributed by atoms with E-state index in [1.807, 2.05) is 24.4 Å². The number of nitrogens with one attached hydrogen (secondary N) is 1. The fourth-order valence-corrected chi connectivity index (χ4v) is 1.47. The quantitative estimate of drug-likeness (QED) is 0.737. The molecule has 0 saturated carbocycles. The van der Waals surface area contributed by atoms with Crippen LogP contribution in [-0.2, 0) is 4.74 Å². The van der Waals surface area contributed by atoms with Gasteiger partial charge in [0.15, 0.2) is 0 Å². The summed E-state index contributed by atoms with van der Waals surface area (Å²) in [5.41, 5.74) is 1.57. The molecule has 1 aromatic carbocycles. The van der Waals surface area contributed by atoms with Crippen LogP contribution in [-0.4, -0.2) is 17.6 Å². The van der Waals surface area contributed by atoms with E-state index in [4.69, 9.17) is 4.74 Å². The predicted octanol–water partition coefficient (Wildman–Crippen LogP) is 2.34. The Morgan fingerprint density at radius 2 is 2.29 bits per heavy atom. The number of aromatic amines is 1. The molecule has 0 aliphatic heterocycles. The molecular formula is C11H11NO2. The maximum Gasteiger partial charge on any atom is 0.338 e. The first kappa shape index (κ1) is 8.81. The molecule has 2 rings (SSSR count). The Morgan fingerprint density at radius 1 is 1.43 bits per heavy atom. The Kier molecular flexibility index (Phi) is 2.23. The number of fused-ring (bicyclic) bond motifs is 1. The monoisotopic (exact) mass is 189 g/mol. The van der Waals surface area contributed by atoms with E-state index < -0.39 is 0 Å². The molecule has 0 saturated heterocycles. The molecule has 1 heterocycles. The van der Waals surface area contributed by atoms with Crippen LogP contribution in [0.2, 0.25) is 0 Å². The van der Waals surface area contributed by atoms with Gasteiger partial charge in [-0.25, -0.2) is 4.79 Å². The topological polar surface area (TPSA) is 42.1 Å². The number of aromatic nitrogens is 1. The molecule has 0 bridgehead atoms. The van der Waals surface area contributed by atoms with E-state index in [9.17, 15) is 4.79 Å². The SMILES string of the molecule is CCOC(=O)c1cccc2[nH]ccc12. The highest BCUT2D eigenvalue weighted by Crippen LogP contribution is 2.17. The summed E-state index contributed by atoms with van der Waals surface area (Å²) in [5.74, 6) is -0.266. The molecule has 72 valence electrons. The van der Waals surface area contributed by atoms with Crippen molar-refractivity contribution in [1.29, 1.82) is 0 Å². The van der Waals surface area contributed by atoms with Crippen molar-refractivity contribution >= 4 is 16.9 Å². The summed E-state index contributed by atoms with van der Waals surface area (Å²) < 4.78 is 4.95. The zero-order valence-corrected chi connectivity index (χ0v) is 7.91. The molecule has 2 aromatic rings. The Labute approximate surface area is 81.7 Å². The zero-order valence-electron chi connectivity index (χ0n) is 7.91. The average Bonchev–Trinajstić information content (AvgIpc) is 2.65. The number of carbonyl (C=O) groups is 1. The Hall–Kier alpha value is -1.77. The van der Waals surface area contributed by atoms with Gasteiger partial charge < -0.3 is 9.72 Å². The third kappa shape index (κ3) is 1.37. The highest BCUT2D eigenvalue weighted by Gasteiger charge is 2.10. The average molecular weight is 189 g/mol. The van der Waals surface area contributed by atoms with Crippen molar-refractivity contribution in [2.45, 2.75) is 6.92 Å². The van der Waals surface area contributed by atoms with Crippen LogP contribution in [0.1, 0.15) is 17.3 Å². The largest absolute Gasteiger partial charge is 0.462 e. The zero-order chi connectivity index (χ0) is 9.97. The van der Waals surface area contributed by atoms with Crippen molar-refractivity contribution in [3.05, 3.63) is 36.0 Å². The molecule has 0 unspecified atom stereocenters. The number of benzene rings is 1. The van der Waals surface area contributed by atoms with E-state index in [1.54, 1.807) is 13.0 Å². The molecule has 0 aliphatic rings. The highest BCUT2D eigenvalue weighted by molar-refractivity contribution is 6.03. The van der Waals surface area contributed by atoms with Crippen molar-refractivity contribution in [2.75, 3.05) is 6.61 Å². The van der Waals surface area contributed by atoms with Crippen LogP contribution >= 0.6 is 0 Å². The summed E-state index contributed by atoms with van der Waals surface area (Å²) in [6.07, 6.45) is 1.81. The number of H-pyrrole nitrogens is 1. The maximum atomic E-state index is 11.5.